The Kier molecular flexibility index (Phi) is 4.22. The molecule has 1 saturated heterocycles. The van der Waals surface area contributed by atoms with E-state index in [0.29, 0.717) is 11.3 Å². The van der Waals surface area contributed by atoms with Crippen molar-refractivity contribution in [3.05, 3.63) is 101 Å². The molecule has 0 unspecified atom stereocenters. The minimum absolute atomic E-state index is 0.214. The average molecular weight is 452 g/mol. The Morgan fingerprint density at radius 3 is 1.71 bits per heavy atom. The molecule has 1 heterocycles. The predicted molar refractivity (Wildman–Crippen MR) is 128 cm³/mol. The van der Waals surface area contributed by atoms with Crippen LogP contribution in [0.25, 0.3) is 0 Å². The lowest BCUT2D eigenvalue weighted by atomic mass is 9.42. The van der Waals surface area contributed by atoms with Crippen LogP contribution < -0.4 is 4.90 Å². The molecular weight excluding hydrogens is 426 g/mol. The van der Waals surface area contributed by atoms with E-state index in [9.17, 15) is 14.4 Å². The molecule has 0 radical (unpaired) electrons. The molecule has 4 aliphatic rings. The zero-order chi connectivity index (χ0) is 23.8. The monoisotopic (exact) mass is 451 g/mol. The number of carbonyl (C=O) groups is 3. The summed E-state index contributed by atoms with van der Waals surface area (Å²) in [6.45, 7) is 6.20. The topological polar surface area (TPSA) is 63.7 Å². The first-order chi connectivity index (χ1) is 16.3. The first-order valence-corrected chi connectivity index (χ1v) is 11.7. The van der Waals surface area contributed by atoms with Crippen molar-refractivity contribution in [2.75, 3.05) is 11.5 Å². The lowest BCUT2D eigenvalue weighted by molar-refractivity contribution is -0.124. The van der Waals surface area contributed by atoms with Gasteiger partial charge in [0.15, 0.2) is 0 Å². The molecule has 7 rings (SSSR count). The summed E-state index contributed by atoms with van der Waals surface area (Å²) in [5.74, 6) is -1.95. The second-order valence-electron chi connectivity index (χ2n) is 9.73. The number of amides is 2. The van der Waals surface area contributed by atoms with Crippen molar-refractivity contribution in [2.24, 2.45) is 11.8 Å². The molecule has 3 aliphatic carbocycles. The highest BCUT2D eigenvalue weighted by Gasteiger charge is 2.70. The smallest absolute Gasteiger partial charge is 0.338 e. The van der Waals surface area contributed by atoms with E-state index in [0.717, 1.165) is 22.3 Å². The zero-order valence-corrected chi connectivity index (χ0v) is 19.4. The Morgan fingerprint density at radius 2 is 1.26 bits per heavy atom. The van der Waals surface area contributed by atoms with E-state index in [1.54, 1.807) is 31.2 Å². The number of hydrogen-bond donors (Lipinski definition) is 0. The number of benzene rings is 3. The van der Waals surface area contributed by atoms with E-state index >= 15 is 0 Å². The van der Waals surface area contributed by atoms with Gasteiger partial charge >= 0.3 is 5.97 Å². The van der Waals surface area contributed by atoms with E-state index in [4.69, 9.17) is 4.74 Å². The third kappa shape index (κ3) is 2.32. The van der Waals surface area contributed by atoms with E-state index < -0.39 is 28.6 Å². The number of esters is 1. The number of rotatable bonds is 3. The van der Waals surface area contributed by atoms with Crippen molar-refractivity contribution in [1.29, 1.82) is 0 Å². The lowest BCUT2D eigenvalue weighted by Gasteiger charge is -2.57. The van der Waals surface area contributed by atoms with Crippen molar-refractivity contribution in [3.63, 3.8) is 0 Å². The summed E-state index contributed by atoms with van der Waals surface area (Å²) in [7, 11) is 0. The fraction of sp³-hybridized carbons (Fsp3) is 0.276. The van der Waals surface area contributed by atoms with Crippen LogP contribution in [0.15, 0.2) is 72.8 Å². The van der Waals surface area contributed by atoms with Gasteiger partial charge in [-0.2, -0.15) is 0 Å². The van der Waals surface area contributed by atoms with Crippen molar-refractivity contribution in [2.45, 2.75) is 31.6 Å². The molecule has 5 heteroatoms. The third-order valence-electron chi connectivity index (χ3n) is 8.26. The minimum atomic E-state index is -0.629. The van der Waals surface area contributed by atoms with Crippen LogP contribution in [0.1, 0.15) is 53.4 Å². The summed E-state index contributed by atoms with van der Waals surface area (Å²) in [4.78, 5) is 41.8. The Balaban J connectivity index is 1.56. The molecule has 2 amide bonds. The van der Waals surface area contributed by atoms with Gasteiger partial charge in [-0.05, 0) is 47.4 Å². The number of nitrogens with zero attached hydrogens (tertiary/aromatic N) is 1. The van der Waals surface area contributed by atoms with Crippen molar-refractivity contribution in [1.82, 2.24) is 0 Å². The number of carbonyl (C=O) groups excluding carboxylic acids is 3. The molecule has 3 aromatic carbocycles. The molecule has 2 atom stereocenters. The maximum absolute atomic E-state index is 14.1. The fourth-order valence-corrected chi connectivity index (χ4v) is 6.81. The summed E-state index contributed by atoms with van der Waals surface area (Å²) in [6.07, 6.45) is 0. The van der Waals surface area contributed by atoms with Gasteiger partial charge in [0.2, 0.25) is 11.8 Å². The molecule has 34 heavy (non-hydrogen) atoms. The molecule has 2 bridgehead atoms. The van der Waals surface area contributed by atoms with E-state index in [-0.39, 0.29) is 18.4 Å². The second-order valence-corrected chi connectivity index (χ2v) is 9.73. The Labute approximate surface area is 198 Å². The minimum Gasteiger partial charge on any atom is -0.462 e. The number of anilines is 1. The van der Waals surface area contributed by atoms with Crippen LogP contribution in [-0.4, -0.2) is 24.4 Å². The molecular formula is C29H25NO4. The quantitative estimate of drug-likeness (QED) is 0.431. The van der Waals surface area contributed by atoms with Gasteiger partial charge < -0.3 is 4.74 Å². The van der Waals surface area contributed by atoms with Crippen LogP contribution in [0.5, 0.6) is 0 Å². The maximum atomic E-state index is 14.1. The van der Waals surface area contributed by atoms with Crippen molar-refractivity contribution >= 4 is 23.5 Å². The van der Waals surface area contributed by atoms with E-state index in [1.165, 1.54) is 4.90 Å². The standard InChI is InChI=1S/C29H25NO4/c1-4-34-27(33)17-10-9-11-18(16-17)30-25(31)23-24(26(30)32)29(3)21-14-7-5-12-19(21)28(23,2)20-13-6-8-15-22(20)29/h5-16,23-24H,4H2,1-3H3/t23-,24-,28?,29?/m0/s1. The molecule has 1 fully saturated rings. The van der Waals surface area contributed by atoms with Gasteiger partial charge in [0.05, 0.1) is 29.7 Å². The van der Waals surface area contributed by atoms with Crippen molar-refractivity contribution in [3.8, 4) is 0 Å². The van der Waals surface area contributed by atoms with Gasteiger partial charge in [0, 0.05) is 10.8 Å². The summed E-state index contributed by atoms with van der Waals surface area (Å²) >= 11 is 0. The van der Waals surface area contributed by atoms with Gasteiger partial charge in [-0.3, -0.25) is 9.59 Å². The molecule has 0 aromatic heterocycles. The highest BCUT2D eigenvalue weighted by Crippen LogP contribution is 2.66. The lowest BCUT2D eigenvalue weighted by Crippen LogP contribution is -2.59. The first kappa shape index (κ1) is 20.8. The van der Waals surface area contributed by atoms with Gasteiger partial charge in [-0.1, -0.05) is 68.4 Å². The summed E-state index contributed by atoms with van der Waals surface area (Å²) in [5, 5.41) is 0. The van der Waals surface area contributed by atoms with E-state index in [1.807, 2.05) is 24.3 Å². The molecule has 1 aliphatic heterocycles. The van der Waals surface area contributed by atoms with Crippen LogP contribution >= 0.6 is 0 Å². The number of imide groups is 1. The van der Waals surface area contributed by atoms with Crippen LogP contribution in [0, 0.1) is 11.8 Å². The normalized spacial score (nSPS) is 28.4. The number of ether oxygens (including phenoxy) is 1. The third-order valence-corrected chi connectivity index (χ3v) is 8.26. The van der Waals surface area contributed by atoms with Crippen molar-refractivity contribution < 1.29 is 19.1 Å². The molecule has 0 N–H and O–H groups in total. The molecule has 0 saturated carbocycles. The molecule has 0 spiro atoms. The summed E-state index contributed by atoms with van der Waals surface area (Å²) in [5.41, 5.74) is 3.92. The molecule has 5 nitrogen and oxygen atoms in total. The maximum Gasteiger partial charge on any atom is 0.338 e. The molecule has 3 aromatic rings. The zero-order valence-electron chi connectivity index (χ0n) is 19.4. The summed E-state index contributed by atoms with van der Waals surface area (Å²) in [6, 6.07) is 23.0. The van der Waals surface area contributed by atoms with Gasteiger partial charge in [0.25, 0.3) is 0 Å². The highest BCUT2D eigenvalue weighted by atomic mass is 16.5. The summed E-state index contributed by atoms with van der Waals surface area (Å²) < 4.78 is 5.13. The van der Waals surface area contributed by atoms with Gasteiger partial charge in [-0.15, -0.1) is 0 Å². The Hall–Kier alpha value is -3.73. The average Bonchev–Trinajstić information content (AvgIpc) is 3.14. The first-order valence-electron chi connectivity index (χ1n) is 11.7. The van der Waals surface area contributed by atoms with Crippen LogP contribution in [0.3, 0.4) is 0 Å². The largest absolute Gasteiger partial charge is 0.462 e. The van der Waals surface area contributed by atoms with Gasteiger partial charge in [0.1, 0.15) is 0 Å². The second kappa shape index (κ2) is 6.89. The van der Waals surface area contributed by atoms with Gasteiger partial charge in [-0.25, -0.2) is 9.69 Å². The predicted octanol–water partition coefficient (Wildman–Crippen LogP) is 4.61. The van der Waals surface area contributed by atoms with E-state index in [2.05, 4.69) is 38.1 Å². The SMILES string of the molecule is CCOC(=O)c1cccc(N2C(=O)[C@@H]3[C@@H](C2=O)C2(C)c4ccccc4C3(C)c3ccccc32)c1. The highest BCUT2D eigenvalue weighted by molar-refractivity contribution is 6.24. The van der Waals surface area contributed by atoms with Crippen LogP contribution in [-0.2, 0) is 25.2 Å². The Bertz CT molecular complexity index is 1270. The number of hydrogen-bond acceptors (Lipinski definition) is 4. The Morgan fingerprint density at radius 1 is 0.794 bits per heavy atom. The van der Waals surface area contributed by atoms with Crippen LogP contribution in [0.2, 0.25) is 0 Å². The fourth-order valence-electron chi connectivity index (χ4n) is 6.81. The molecule has 170 valence electrons. The van der Waals surface area contributed by atoms with Crippen LogP contribution in [0.4, 0.5) is 5.69 Å².